The molecule has 1 amide bonds. The topological polar surface area (TPSA) is 55.4 Å². The summed E-state index contributed by atoms with van der Waals surface area (Å²) in [7, 11) is 1.27. The first kappa shape index (κ1) is 15.3. The molecule has 0 radical (unpaired) electrons. The molecule has 1 rings (SSSR count). The number of hydrogen-bond acceptors (Lipinski definition) is 4. The van der Waals surface area contributed by atoms with Gasteiger partial charge in [0.2, 0.25) is 5.91 Å². The van der Waals surface area contributed by atoms with Crippen LogP contribution in [0.25, 0.3) is 0 Å². The summed E-state index contributed by atoms with van der Waals surface area (Å²) in [4.78, 5) is 22.2. The number of thiophene rings is 1. The summed E-state index contributed by atoms with van der Waals surface area (Å²) in [6.07, 6.45) is 1.67. The van der Waals surface area contributed by atoms with Gasteiger partial charge in [0.05, 0.1) is 15.8 Å². The van der Waals surface area contributed by atoms with Gasteiger partial charge < -0.3 is 10.1 Å². The second-order valence-electron chi connectivity index (χ2n) is 3.56. The molecule has 0 fully saturated rings. The lowest BCUT2D eigenvalue weighted by molar-refractivity contribution is -0.141. The maximum absolute atomic E-state index is 11.4. The molecule has 0 unspecified atom stereocenters. The number of halogens is 2. The maximum atomic E-state index is 11.4. The van der Waals surface area contributed by atoms with Crippen LogP contribution in [0.4, 0.5) is 0 Å². The molecule has 0 aliphatic heterocycles. The van der Waals surface area contributed by atoms with Gasteiger partial charge in [-0.2, -0.15) is 0 Å². The number of carbonyl (C=O) groups excluding carboxylic acids is 2. The molecule has 0 saturated heterocycles. The van der Waals surface area contributed by atoms with Crippen molar-refractivity contribution in [2.24, 2.45) is 0 Å². The van der Waals surface area contributed by atoms with Crippen LogP contribution in [-0.4, -0.2) is 25.5 Å². The smallest absolute Gasteiger partial charge is 0.325 e. The van der Waals surface area contributed by atoms with Crippen LogP contribution in [0.5, 0.6) is 0 Å². The number of ether oxygens (including phenoxy) is 1. The van der Waals surface area contributed by atoms with Gasteiger partial charge in [-0.3, -0.25) is 9.59 Å². The van der Waals surface area contributed by atoms with Crippen LogP contribution in [0.15, 0.2) is 6.07 Å². The number of amides is 1. The van der Waals surface area contributed by atoms with E-state index in [0.717, 1.165) is 5.56 Å². The first-order valence-corrected chi connectivity index (χ1v) is 6.87. The molecule has 0 saturated carbocycles. The third-order valence-corrected chi connectivity index (χ3v) is 3.80. The van der Waals surface area contributed by atoms with Crippen LogP contribution in [0.3, 0.4) is 0 Å². The third-order valence-electron chi connectivity index (χ3n) is 2.23. The fourth-order valence-corrected chi connectivity index (χ4v) is 2.86. The van der Waals surface area contributed by atoms with Crippen molar-refractivity contribution in [1.29, 1.82) is 0 Å². The summed E-state index contributed by atoms with van der Waals surface area (Å²) in [5.41, 5.74) is 0.951. The van der Waals surface area contributed by atoms with Crippen molar-refractivity contribution in [2.45, 2.75) is 19.3 Å². The van der Waals surface area contributed by atoms with E-state index < -0.39 is 5.97 Å². The van der Waals surface area contributed by atoms with Gasteiger partial charge in [0, 0.05) is 6.42 Å². The second kappa shape index (κ2) is 7.61. The van der Waals surface area contributed by atoms with Gasteiger partial charge in [-0.1, -0.05) is 23.2 Å². The summed E-state index contributed by atoms with van der Waals surface area (Å²) in [5, 5.41) is 2.47. The first-order chi connectivity index (χ1) is 8.52. The SMILES string of the molecule is COC(=O)CNC(=O)CCCc1cc(Cl)sc1Cl. The number of aryl methyl sites for hydroxylation is 1. The molecular formula is C11H13Cl2NO3S. The highest BCUT2D eigenvalue weighted by molar-refractivity contribution is 7.20. The zero-order valence-corrected chi connectivity index (χ0v) is 12.1. The Bertz CT molecular complexity index is 434. The Balaban J connectivity index is 2.23. The second-order valence-corrected chi connectivity index (χ2v) is 5.84. The van der Waals surface area contributed by atoms with E-state index in [9.17, 15) is 9.59 Å². The molecule has 1 aromatic heterocycles. The maximum Gasteiger partial charge on any atom is 0.325 e. The van der Waals surface area contributed by atoms with Crippen molar-refractivity contribution in [3.63, 3.8) is 0 Å². The van der Waals surface area contributed by atoms with Crippen LogP contribution in [0, 0.1) is 0 Å². The van der Waals surface area contributed by atoms with Crippen molar-refractivity contribution < 1.29 is 14.3 Å². The highest BCUT2D eigenvalue weighted by Gasteiger charge is 2.08. The molecule has 0 aliphatic rings. The molecule has 18 heavy (non-hydrogen) atoms. The van der Waals surface area contributed by atoms with E-state index in [1.54, 1.807) is 6.07 Å². The zero-order chi connectivity index (χ0) is 13.5. The van der Waals surface area contributed by atoms with Gasteiger partial charge >= 0.3 is 5.97 Å². The Kier molecular flexibility index (Phi) is 6.46. The first-order valence-electron chi connectivity index (χ1n) is 5.30. The predicted molar refractivity (Wildman–Crippen MR) is 72.3 cm³/mol. The van der Waals surface area contributed by atoms with Gasteiger partial charge in [0.15, 0.2) is 0 Å². The van der Waals surface area contributed by atoms with Gasteiger partial charge in [-0.25, -0.2) is 0 Å². The largest absolute Gasteiger partial charge is 0.468 e. The van der Waals surface area contributed by atoms with E-state index in [0.29, 0.717) is 27.9 Å². The lowest BCUT2D eigenvalue weighted by Crippen LogP contribution is -2.29. The standard InChI is InChI=1S/C11H13Cl2NO3S/c1-17-10(16)6-14-9(15)4-2-3-7-5-8(12)18-11(7)13/h5H,2-4,6H2,1H3,(H,14,15). The molecule has 1 aromatic rings. The Labute approximate surface area is 119 Å². The number of rotatable bonds is 6. The van der Waals surface area contributed by atoms with Crippen LogP contribution in [-0.2, 0) is 20.7 Å². The minimum absolute atomic E-state index is 0.0969. The average Bonchev–Trinajstić information content (AvgIpc) is 2.65. The monoisotopic (exact) mass is 309 g/mol. The van der Waals surface area contributed by atoms with E-state index in [1.807, 2.05) is 0 Å². The zero-order valence-electron chi connectivity index (χ0n) is 9.79. The molecule has 100 valence electrons. The van der Waals surface area contributed by atoms with E-state index in [2.05, 4.69) is 10.1 Å². The lowest BCUT2D eigenvalue weighted by Gasteiger charge is -2.03. The molecule has 0 spiro atoms. The van der Waals surface area contributed by atoms with Crippen LogP contribution in [0.1, 0.15) is 18.4 Å². The number of esters is 1. The molecule has 0 aromatic carbocycles. The van der Waals surface area contributed by atoms with Crippen molar-refractivity contribution in [1.82, 2.24) is 5.32 Å². The quantitative estimate of drug-likeness (QED) is 0.822. The Morgan fingerprint density at radius 2 is 2.17 bits per heavy atom. The highest BCUT2D eigenvalue weighted by Crippen LogP contribution is 2.31. The van der Waals surface area contributed by atoms with E-state index in [4.69, 9.17) is 23.2 Å². The van der Waals surface area contributed by atoms with Gasteiger partial charge in [-0.15, -0.1) is 11.3 Å². The molecule has 1 N–H and O–H groups in total. The summed E-state index contributed by atoms with van der Waals surface area (Å²) in [6, 6.07) is 1.81. The fraction of sp³-hybridized carbons (Fsp3) is 0.455. The average molecular weight is 310 g/mol. The van der Waals surface area contributed by atoms with Gasteiger partial charge in [0.1, 0.15) is 6.54 Å². The Hall–Kier alpha value is -0.780. The van der Waals surface area contributed by atoms with E-state index in [-0.39, 0.29) is 12.5 Å². The summed E-state index contributed by atoms with van der Waals surface area (Å²) < 4.78 is 5.71. The van der Waals surface area contributed by atoms with Crippen LogP contribution >= 0.6 is 34.5 Å². The molecule has 7 heteroatoms. The van der Waals surface area contributed by atoms with E-state index in [1.165, 1.54) is 18.4 Å². The summed E-state index contributed by atoms with van der Waals surface area (Å²) in [5.74, 6) is -0.645. The molecule has 0 bridgehead atoms. The number of methoxy groups -OCH3 is 1. The molecule has 0 atom stereocenters. The fourth-order valence-electron chi connectivity index (χ4n) is 1.32. The third kappa shape index (κ3) is 5.25. The number of hydrogen-bond donors (Lipinski definition) is 1. The van der Waals surface area contributed by atoms with Crippen LogP contribution in [0.2, 0.25) is 8.67 Å². The normalized spacial score (nSPS) is 10.2. The molecule has 1 heterocycles. The summed E-state index contributed by atoms with van der Waals surface area (Å²) in [6.45, 7) is -0.0969. The Morgan fingerprint density at radius 1 is 1.44 bits per heavy atom. The molecule has 4 nitrogen and oxygen atoms in total. The minimum Gasteiger partial charge on any atom is -0.468 e. The number of carbonyl (C=O) groups is 2. The van der Waals surface area contributed by atoms with Gasteiger partial charge in [0.25, 0.3) is 0 Å². The highest BCUT2D eigenvalue weighted by atomic mass is 35.5. The van der Waals surface area contributed by atoms with Crippen molar-refractivity contribution >= 4 is 46.4 Å². The van der Waals surface area contributed by atoms with Crippen molar-refractivity contribution in [3.05, 3.63) is 20.3 Å². The van der Waals surface area contributed by atoms with Crippen molar-refractivity contribution in [3.8, 4) is 0 Å². The van der Waals surface area contributed by atoms with Gasteiger partial charge in [-0.05, 0) is 24.5 Å². The van der Waals surface area contributed by atoms with Crippen molar-refractivity contribution in [2.75, 3.05) is 13.7 Å². The number of nitrogens with one attached hydrogen (secondary N) is 1. The summed E-state index contributed by atoms with van der Waals surface area (Å²) >= 11 is 13.1. The van der Waals surface area contributed by atoms with Crippen LogP contribution < -0.4 is 5.32 Å². The molecule has 0 aliphatic carbocycles. The van der Waals surface area contributed by atoms with E-state index >= 15 is 0 Å². The predicted octanol–water partition coefficient (Wildman–Crippen LogP) is 2.67. The lowest BCUT2D eigenvalue weighted by atomic mass is 10.1. The Morgan fingerprint density at radius 3 is 2.72 bits per heavy atom. The minimum atomic E-state index is -0.462. The molecular weight excluding hydrogens is 297 g/mol.